The zero-order valence-corrected chi connectivity index (χ0v) is 14.4. The Morgan fingerprint density at radius 1 is 1.25 bits per heavy atom. The topological polar surface area (TPSA) is 67.9 Å². The number of rotatable bonds is 2. The second-order valence-electron chi connectivity index (χ2n) is 7.26. The molecular weight excluding hydrogens is 308 g/mol. The first-order valence-corrected chi connectivity index (χ1v) is 8.38. The average molecular weight is 332 g/mol. The maximum absolute atomic E-state index is 12.5. The summed E-state index contributed by atoms with van der Waals surface area (Å²) in [6.07, 6.45) is 1.47. The van der Waals surface area contributed by atoms with Gasteiger partial charge in [-0.05, 0) is 64.4 Å². The van der Waals surface area contributed by atoms with Gasteiger partial charge in [-0.2, -0.15) is 0 Å². The highest BCUT2D eigenvalue weighted by Crippen LogP contribution is 2.29. The van der Waals surface area contributed by atoms with Gasteiger partial charge in [0.05, 0.1) is 6.54 Å². The van der Waals surface area contributed by atoms with Gasteiger partial charge in [0.1, 0.15) is 17.5 Å². The smallest absolute Gasteiger partial charge is 0.417 e. The molecule has 1 fully saturated rings. The number of fused-ring (bicyclic) bond motifs is 1. The van der Waals surface area contributed by atoms with Gasteiger partial charge in [-0.1, -0.05) is 6.07 Å². The van der Waals surface area contributed by atoms with E-state index >= 15 is 0 Å². The lowest BCUT2D eigenvalue weighted by Crippen LogP contribution is -2.36. The quantitative estimate of drug-likeness (QED) is 0.902. The van der Waals surface area contributed by atoms with Gasteiger partial charge in [0, 0.05) is 5.56 Å². The number of imide groups is 1. The van der Waals surface area contributed by atoms with Crippen molar-refractivity contribution < 1.29 is 19.1 Å². The normalized spacial score (nSPS) is 18.5. The van der Waals surface area contributed by atoms with E-state index in [-0.39, 0.29) is 18.6 Å². The number of hydrogen-bond donors (Lipinski definition) is 1. The van der Waals surface area contributed by atoms with Gasteiger partial charge in [0.2, 0.25) is 0 Å². The van der Waals surface area contributed by atoms with Crippen LogP contribution in [0.2, 0.25) is 0 Å². The van der Waals surface area contributed by atoms with Gasteiger partial charge in [-0.25, -0.2) is 9.69 Å². The minimum absolute atomic E-state index is 0.169. The largest absolute Gasteiger partial charge is 0.490 e. The SMILES string of the molecule is CC(C)(C)OC(=O)N1Cc2ccc(OC3CCNCC3)cc2C1=O. The molecule has 0 saturated carbocycles. The van der Waals surface area contributed by atoms with Crippen LogP contribution in [0, 0.1) is 0 Å². The predicted octanol–water partition coefficient (Wildman–Crippen LogP) is 2.71. The van der Waals surface area contributed by atoms with E-state index in [9.17, 15) is 9.59 Å². The third-order valence-electron chi connectivity index (χ3n) is 4.09. The van der Waals surface area contributed by atoms with E-state index in [4.69, 9.17) is 9.47 Å². The van der Waals surface area contributed by atoms with Crippen LogP contribution < -0.4 is 10.1 Å². The van der Waals surface area contributed by atoms with Crippen molar-refractivity contribution in [2.75, 3.05) is 13.1 Å². The van der Waals surface area contributed by atoms with Crippen LogP contribution in [0.1, 0.15) is 49.5 Å². The van der Waals surface area contributed by atoms with Gasteiger partial charge in [-0.15, -0.1) is 0 Å². The number of carbonyl (C=O) groups is 2. The van der Waals surface area contributed by atoms with Crippen molar-refractivity contribution in [1.29, 1.82) is 0 Å². The minimum atomic E-state index is -0.630. The molecule has 2 aliphatic heterocycles. The van der Waals surface area contributed by atoms with Crippen LogP contribution in [-0.2, 0) is 11.3 Å². The first-order valence-electron chi connectivity index (χ1n) is 8.38. The molecule has 6 heteroatoms. The first-order chi connectivity index (χ1) is 11.3. The lowest BCUT2D eigenvalue weighted by atomic mass is 10.1. The lowest BCUT2D eigenvalue weighted by molar-refractivity contribution is 0.0248. The van der Waals surface area contributed by atoms with Crippen molar-refractivity contribution in [3.63, 3.8) is 0 Å². The van der Waals surface area contributed by atoms with E-state index in [1.807, 2.05) is 12.1 Å². The summed E-state index contributed by atoms with van der Waals surface area (Å²) < 4.78 is 11.3. The fourth-order valence-corrected chi connectivity index (χ4v) is 2.92. The molecule has 1 N–H and O–H groups in total. The van der Waals surface area contributed by atoms with Gasteiger partial charge in [0.15, 0.2) is 0 Å². The molecule has 6 nitrogen and oxygen atoms in total. The summed E-state index contributed by atoms with van der Waals surface area (Å²) >= 11 is 0. The molecule has 130 valence electrons. The Labute approximate surface area is 142 Å². The monoisotopic (exact) mass is 332 g/mol. The number of ether oxygens (including phenoxy) is 2. The zero-order valence-electron chi connectivity index (χ0n) is 14.4. The molecule has 1 aromatic carbocycles. The number of benzene rings is 1. The first kappa shape index (κ1) is 16.8. The molecule has 0 bridgehead atoms. The Morgan fingerprint density at radius 2 is 1.96 bits per heavy atom. The predicted molar refractivity (Wildman–Crippen MR) is 89.1 cm³/mol. The van der Waals surface area contributed by atoms with E-state index in [0.717, 1.165) is 36.4 Å². The van der Waals surface area contributed by atoms with E-state index in [1.165, 1.54) is 0 Å². The van der Waals surface area contributed by atoms with Gasteiger partial charge in [-0.3, -0.25) is 4.79 Å². The highest BCUT2D eigenvalue weighted by molar-refractivity contribution is 6.06. The van der Waals surface area contributed by atoms with Crippen LogP contribution in [-0.4, -0.2) is 41.7 Å². The highest BCUT2D eigenvalue weighted by Gasteiger charge is 2.35. The molecule has 0 spiro atoms. The minimum Gasteiger partial charge on any atom is -0.490 e. The molecule has 24 heavy (non-hydrogen) atoms. The molecule has 0 aliphatic carbocycles. The highest BCUT2D eigenvalue weighted by atomic mass is 16.6. The van der Waals surface area contributed by atoms with Crippen LogP contribution in [0.5, 0.6) is 5.75 Å². The molecule has 0 radical (unpaired) electrons. The van der Waals surface area contributed by atoms with E-state index < -0.39 is 11.7 Å². The number of amides is 2. The molecule has 3 rings (SSSR count). The lowest BCUT2D eigenvalue weighted by Gasteiger charge is -2.24. The van der Waals surface area contributed by atoms with Crippen LogP contribution >= 0.6 is 0 Å². The van der Waals surface area contributed by atoms with E-state index in [0.29, 0.717) is 11.3 Å². The number of hydrogen-bond acceptors (Lipinski definition) is 5. The number of carbonyl (C=O) groups excluding carboxylic acids is 2. The second-order valence-corrected chi connectivity index (χ2v) is 7.26. The van der Waals surface area contributed by atoms with Crippen molar-refractivity contribution in [3.05, 3.63) is 29.3 Å². The van der Waals surface area contributed by atoms with Gasteiger partial charge >= 0.3 is 6.09 Å². The molecule has 1 saturated heterocycles. The van der Waals surface area contributed by atoms with Crippen LogP contribution in [0.25, 0.3) is 0 Å². The standard InChI is InChI=1S/C18H24N2O4/c1-18(2,3)24-17(22)20-11-12-4-5-14(10-15(12)16(20)21)23-13-6-8-19-9-7-13/h4-5,10,13,19H,6-9,11H2,1-3H3. The number of nitrogens with one attached hydrogen (secondary N) is 1. The van der Waals surface area contributed by atoms with Crippen molar-refractivity contribution in [3.8, 4) is 5.75 Å². The van der Waals surface area contributed by atoms with Crippen molar-refractivity contribution in [1.82, 2.24) is 10.2 Å². The van der Waals surface area contributed by atoms with Crippen LogP contribution in [0.3, 0.4) is 0 Å². The molecule has 2 aliphatic rings. The Bertz CT molecular complexity index is 645. The summed E-state index contributed by atoms with van der Waals surface area (Å²) in [5.41, 5.74) is 0.714. The molecule has 2 heterocycles. The summed E-state index contributed by atoms with van der Waals surface area (Å²) in [5, 5.41) is 3.29. The maximum atomic E-state index is 12.5. The molecule has 2 amide bonds. The van der Waals surface area contributed by atoms with E-state index in [1.54, 1.807) is 26.8 Å². The average Bonchev–Trinajstić information content (AvgIpc) is 2.84. The fourth-order valence-electron chi connectivity index (χ4n) is 2.92. The summed E-state index contributed by atoms with van der Waals surface area (Å²) in [5.74, 6) is 0.357. The van der Waals surface area contributed by atoms with E-state index in [2.05, 4.69) is 5.32 Å². The molecule has 0 aromatic heterocycles. The Hall–Kier alpha value is -2.08. The summed E-state index contributed by atoms with van der Waals surface area (Å²) in [6, 6.07) is 5.46. The van der Waals surface area contributed by atoms with Crippen LogP contribution in [0.4, 0.5) is 4.79 Å². The second kappa shape index (κ2) is 6.43. The third kappa shape index (κ3) is 3.70. The number of piperidine rings is 1. The van der Waals surface area contributed by atoms with Crippen molar-refractivity contribution in [2.45, 2.75) is 51.9 Å². The Morgan fingerprint density at radius 3 is 2.62 bits per heavy atom. The van der Waals surface area contributed by atoms with Gasteiger partial charge in [0.25, 0.3) is 5.91 Å². The Kier molecular flexibility index (Phi) is 4.49. The molecule has 1 aromatic rings. The summed E-state index contributed by atoms with van der Waals surface area (Å²) in [6.45, 7) is 7.48. The summed E-state index contributed by atoms with van der Waals surface area (Å²) in [7, 11) is 0. The van der Waals surface area contributed by atoms with Crippen LogP contribution in [0.15, 0.2) is 18.2 Å². The molecule has 0 atom stereocenters. The van der Waals surface area contributed by atoms with Gasteiger partial charge < -0.3 is 14.8 Å². The van der Waals surface area contributed by atoms with Crippen molar-refractivity contribution >= 4 is 12.0 Å². The third-order valence-corrected chi connectivity index (χ3v) is 4.09. The molecule has 0 unspecified atom stereocenters. The molecular formula is C18H24N2O4. The summed E-state index contributed by atoms with van der Waals surface area (Å²) in [4.78, 5) is 25.9. The van der Waals surface area contributed by atoms with Crippen molar-refractivity contribution in [2.24, 2.45) is 0 Å². The fraction of sp³-hybridized carbons (Fsp3) is 0.556. The Balaban J connectivity index is 1.71. The zero-order chi connectivity index (χ0) is 17.3. The number of nitrogens with zero attached hydrogens (tertiary/aromatic N) is 1. The maximum Gasteiger partial charge on any atom is 0.417 e.